The number of carbonyl (C=O) groups is 1. The number of methoxy groups -OCH3 is 1. The molecule has 0 unspecified atom stereocenters. The van der Waals surface area contributed by atoms with Crippen LogP contribution in [0, 0.1) is 5.41 Å². The molecule has 0 heterocycles. The highest BCUT2D eigenvalue weighted by molar-refractivity contribution is 5.85. The van der Waals surface area contributed by atoms with Crippen molar-refractivity contribution in [2.24, 2.45) is 11.1 Å². The normalized spacial score (nSPS) is 15.9. The minimum Gasteiger partial charge on any atom is -0.497 e. The highest BCUT2D eigenvalue weighted by Crippen LogP contribution is 2.46. The fourth-order valence-corrected chi connectivity index (χ4v) is 2.27. The molecule has 0 saturated heterocycles. The molecule has 0 atom stereocenters. The lowest BCUT2D eigenvalue weighted by molar-refractivity contribution is -0.137. The smallest absolute Gasteiger partial charge is 0.230 e. The zero-order chi connectivity index (χ0) is 13.9. The summed E-state index contributed by atoms with van der Waals surface area (Å²) in [6.45, 7) is 3.83. The molecule has 0 spiro atoms. The maximum Gasteiger partial charge on any atom is 0.230 e. The van der Waals surface area contributed by atoms with E-state index in [1.165, 1.54) is 0 Å². The van der Waals surface area contributed by atoms with Gasteiger partial charge < -0.3 is 15.4 Å². The second kappa shape index (κ2) is 5.61. The average molecular weight is 262 g/mol. The molecule has 4 nitrogen and oxygen atoms in total. The molecule has 1 aromatic rings. The second-order valence-electron chi connectivity index (χ2n) is 5.15. The first kappa shape index (κ1) is 13.9. The van der Waals surface area contributed by atoms with Crippen molar-refractivity contribution >= 4 is 5.91 Å². The first-order chi connectivity index (χ1) is 9.15. The molecule has 4 heteroatoms. The second-order valence-corrected chi connectivity index (χ2v) is 5.15. The Labute approximate surface area is 114 Å². The molecular formula is C15H22N2O2. The first-order valence-corrected chi connectivity index (χ1v) is 6.77. The van der Waals surface area contributed by atoms with E-state index in [4.69, 9.17) is 10.5 Å². The van der Waals surface area contributed by atoms with Crippen molar-refractivity contribution in [3.63, 3.8) is 0 Å². The summed E-state index contributed by atoms with van der Waals surface area (Å²) in [4.78, 5) is 14.3. The molecule has 2 rings (SSSR count). The first-order valence-electron chi connectivity index (χ1n) is 6.77. The summed E-state index contributed by atoms with van der Waals surface area (Å²) in [5.74, 6) is 1.03. The maximum atomic E-state index is 12.4. The Balaban J connectivity index is 2.04. The van der Waals surface area contributed by atoms with E-state index in [2.05, 4.69) is 0 Å². The largest absolute Gasteiger partial charge is 0.497 e. The molecular weight excluding hydrogens is 240 g/mol. The molecule has 1 saturated carbocycles. The number of amides is 1. The van der Waals surface area contributed by atoms with Crippen LogP contribution in [0.3, 0.4) is 0 Å². The molecule has 1 amide bonds. The van der Waals surface area contributed by atoms with Crippen molar-refractivity contribution in [1.82, 2.24) is 4.90 Å². The van der Waals surface area contributed by atoms with Gasteiger partial charge in [-0.15, -0.1) is 0 Å². The van der Waals surface area contributed by atoms with E-state index in [-0.39, 0.29) is 11.3 Å². The van der Waals surface area contributed by atoms with Gasteiger partial charge >= 0.3 is 0 Å². The summed E-state index contributed by atoms with van der Waals surface area (Å²) in [6.07, 6.45) is 1.86. The van der Waals surface area contributed by atoms with E-state index in [1.54, 1.807) is 7.11 Å². The Morgan fingerprint density at radius 3 is 2.42 bits per heavy atom. The van der Waals surface area contributed by atoms with Crippen LogP contribution in [0.25, 0.3) is 0 Å². The summed E-state index contributed by atoms with van der Waals surface area (Å²) in [5, 5.41) is 0. The number of hydrogen-bond donors (Lipinski definition) is 1. The van der Waals surface area contributed by atoms with E-state index < -0.39 is 0 Å². The molecule has 0 bridgehead atoms. The van der Waals surface area contributed by atoms with Gasteiger partial charge in [0, 0.05) is 19.6 Å². The van der Waals surface area contributed by atoms with Gasteiger partial charge in [-0.1, -0.05) is 12.1 Å². The number of rotatable bonds is 6. The van der Waals surface area contributed by atoms with Crippen LogP contribution in [0.2, 0.25) is 0 Å². The number of ether oxygens (including phenoxy) is 1. The molecule has 19 heavy (non-hydrogen) atoms. The van der Waals surface area contributed by atoms with Gasteiger partial charge in [0.25, 0.3) is 0 Å². The van der Waals surface area contributed by atoms with Crippen molar-refractivity contribution in [1.29, 1.82) is 0 Å². The van der Waals surface area contributed by atoms with Gasteiger partial charge in [0.15, 0.2) is 0 Å². The fraction of sp³-hybridized carbons (Fsp3) is 0.533. The van der Waals surface area contributed by atoms with E-state index >= 15 is 0 Å². The Bertz CT molecular complexity index is 438. The predicted molar refractivity (Wildman–Crippen MR) is 74.8 cm³/mol. The quantitative estimate of drug-likeness (QED) is 0.850. The molecule has 1 aliphatic rings. The van der Waals surface area contributed by atoms with E-state index in [1.807, 2.05) is 36.1 Å². The Kier molecular flexibility index (Phi) is 4.10. The molecule has 0 aromatic heterocycles. The number of hydrogen-bond acceptors (Lipinski definition) is 3. The third-order valence-corrected chi connectivity index (χ3v) is 3.90. The van der Waals surface area contributed by atoms with Gasteiger partial charge in [-0.05, 0) is 37.5 Å². The summed E-state index contributed by atoms with van der Waals surface area (Å²) >= 11 is 0. The van der Waals surface area contributed by atoms with Gasteiger partial charge in [-0.25, -0.2) is 0 Å². The summed E-state index contributed by atoms with van der Waals surface area (Å²) in [7, 11) is 1.65. The molecule has 104 valence electrons. The molecule has 1 aromatic carbocycles. The van der Waals surface area contributed by atoms with Crippen LogP contribution in [0.1, 0.15) is 25.3 Å². The highest BCUT2D eigenvalue weighted by atomic mass is 16.5. The Hall–Kier alpha value is -1.55. The zero-order valence-electron chi connectivity index (χ0n) is 11.7. The topological polar surface area (TPSA) is 55.6 Å². The summed E-state index contributed by atoms with van der Waals surface area (Å²) in [6, 6.07) is 7.83. The number of benzene rings is 1. The van der Waals surface area contributed by atoms with Crippen molar-refractivity contribution in [3.05, 3.63) is 29.8 Å². The predicted octanol–water partition coefficient (Wildman–Crippen LogP) is 1.78. The summed E-state index contributed by atoms with van der Waals surface area (Å²) in [5.41, 5.74) is 6.58. The lowest BCUT2D eigenvalue weighted by atomic mass is 10.1. The summed E-state index contributed by atoms with van der Waals surface area (Å²) < 4.78 is 5.13. The number of nitrogens with two attached hydrogens (primary N) is 1. The average Bonchev–Trinajstić information content (AvgIpc) is 3.26. The van der Waals surface area contributed by atoms with Gasteiger partial charge in [0.2, 0.25) is 5.91 Å². The minimum absolute atomic E-state index is 0.202. The van der Waals surface area contributed by atoms with Crippen LogP contribution < -0.4 is 10.5 Å². The van der Waals surface area contributed by atoms with Crippen LogP contribution >= 0.6 is 0 Å². The Morgan fingerprint density at radius 1 is 1.37 bits per heavy atom. The standard InChI is InChI=1S/C15H22N2O2/c1-3-17(14(18)15(11-16)8-9-15)10-12-4-6-13(19-2)7-5-12/h4-7H,3,8-11,16H2,1-2H3. The van der Waals surface area contributed by atoms with Crippen molar-refractivity contribution in [2.45, 2.75) is 26.3 Å². The molecule has 0 radical (unpaired) electrons. The third-order valence-electron chi connectivity index (χ3n) is 3.90. The molecule has 2 N–H and O–H groups in total. The van der Waals surface area contributed by atoms with Gasteiger partial charge in [0.1, 0.15) is 5.75 Å². The van der Waals surface area contributed by atoms with Crippen LogP contribution in [-0.4, -0.2) is 31.0 Å². The fourth-order valence-electron chi connectivity index (χ4n) is 2.27. The van der Waals surface area contributed by atoms with Crippen molar-refractivity contribution in [2.75, 3.05) is 20.2 Å². The van der Waals surface area contributed by atoms with Crippen LogP contribution in [0.5, 0.6) is 5.75 Å². The number of carbonyl (C=O) groups excluding carboxylic acids is 1. The van der Waals surface area contributed by atoms with Crippen LogP contribution in [0.4, 0.5) is 0 Å². The van der Waals surface area contributed by atoms with E-state index in [0.717, 1.165) is 24.2 Å². The molecule has 1 fully saturated rings. The van der Waals surface area contributed by atoms with Crippen LogP contribution in [-0.2, 0) is 11.3 Å². The van der Waals surface area contributed by atoms with E-state index in [0.29, 0.717) is 19.6 Å². The molecule has 0 aliphatic heterocycles. The Morgan fingerprint density at radius 2 is 2.00 bits per heavy atom. The van der Waals surface area contributed by atoms with Crippen LogP contribution in [0.15, 0.2) is 24.3 Å². The van der Waals surface area contributed by atoms with E-state index in [9.17, 15) is 4.79 Å². The minimum atomic E-state index is -0.261. The highest BCUT2D eigenvalue weighted by Gasteiger charge is 2.50. The van der Waals surface area contributed by atoms with Gasteiger partial charge in [0.05, 0.1) is 12.5 Å². The number of nitrogens with zero attached hydrogens (tertiary/aromatic N) is 1. The lowest BCUT2D eigenvalue weighted by Crippen LogP contribution is -2.40. The third kappa shape index (κ3) is 2.89. The SMILES string of the molecule is CCN(Cc1ccc(OC)cc1)C(=O)C1(CN)CC1. The maximum absolute atomic E-state index is 12.4. The van der Waals surface area contributed by atoms with Crippen molar-refractivity contribution in [3.8, 4) is 5.75 Å². The van der Waals surface area contributed by atoms with Gasteiger partial charge in [-0.3, -0.25) is 4.79 Å². The van der Waals surface area contributed by atoms with Gasteiger partial charge in [-0.2, -0.15) is 0 Å². The monoisotopic (exact) mass is 262 g/mol. The lowest BCUT2D eigenvalue weighted by Gasteiger charge is -2.25. The van der Waals surface area contributed by atoms with Crippen molar-refractivity contribution < 1.29 is 9.53 Å². The zero-order valence-corrected chi connectivity index (χ0v) is 11.7. The molecule has 1 aliphatic carbocycles.